The molecule has 0 saturated carbocycles. The van der Waals surface area contributed by atoms with Crippen molar-refractivity contribution in [1.82, 2.24) is 10.2 Å². The third-order valence-electron chi connectivity index (χ3n) is 5.22. The van der Waals surface area contributed by atoms with E-state index in [1.807, 2.05) is 12.1 Å². The molecule has 0 spiro atoms. The fourth-order valence-electron chi connectivity index (χ4n) is 3.51. The lowest BCUT2D eigenvalue weighted by atomic mass is 9.84. The molecule has 1 fully saturated rings. The summed E-state index contributed by atoms with van der Waals surface area (Å²) in [6.07, 6.45) is 2.51. The number of fused-ring (bicyclic) bond motifs is 1. The summed E-state index contributed by atoms with van der Waals surface area (Å²) in [6, 6.07) is 6.65. The number of aliphatic imine (C=N–C) groups is 1. The highest BCUT2D eigenvalue weighted by atomic mass is 16.7. The van der Waals surface area contributed by atoms with Gasteiger partial charge in [0.25, 0.3) is 0 Å². The van der Waals surface area contributed by atoms with Gasteiger partial charge in [-0.2, -0.15) is 0 Å². The van der Waals surface area contributed by atoms with Crippen LogP contribution >= 0.6 is 0 Å². The molecule has 0 radical (unpaired) electrons. The minimum atomic E-state index is -0.129. The maximum absolute atomic E-state index is 6.09. The molecule has 25 heavy (non-hydrogen) atoms. The second-order valence-corrected chi connectivity index (χ2v) is 7.46. The van der Waals surface area contributed by atoms with Crippen LogP contribution in [0.1, 0.15) is 39.2 Å². The van der Waals surface area contributed by atoms with E-state index in [0.717, 1.165) is 24.6 Å². The zero-order chi connectivity index (χ0) is 17.9. The van der Waals surface area contributed by atoms with Crippen molar-refractivity contribution in [2.24, 2.45) is 10.7 Å². The maximum Gasteiger partial charge on any atom is 0.231 e. The van der Waals surface area contributed by atoms with Crippen LogP contribution in [0.5, 0.6) is 11.5 Å². The maximum atomic E-state index is 6.09. The van der Waals surface area contributed by atoms with Crippen molar-refractivity contribution in [3.05, 3.63) is 23.8 Å². The van der Waals surface area contributed by atoms with Crippen LogP contribution in [0.25, 0.3) is 0 Å². The van der Waals surface area contributed by atoms with E-state index in [0.29, 0.717) is 25.3 Å². The average Bonchev–Trinajstić information content (AvgIpc) is 3.25. The van der Waals surface area contributed by atoms with Gasteiger partial charge in [0.15, 0.2) is 17.5 Å². The topological polar surface area (TPSA) is 72.1 Å². The highest BCUT2D eigenvalue weighted by Crippen LogP contribution is 2.36. The molecule has 1 saturated heterocycles. The number of nitrogens with zero attached hydrogens (tertiary/aromatic N) is 2. The van der Waals surface area contributed by atoms with Crippen molar-refractivity contribution in [1.29, 1.82) is 0 Å². The number of nitrogens with two attached hydrogens (primary N) is 1. The number of rotatable bonds is 6. The molecule has 6 nitrogen and oxygen atoms in total. The first-order chi connectivity index (χ1) is 12.0. The van der Waals surface area contributed by atoms with Crippen molar-refractivity contribution in [3.8, 4) is 11.5 Å². The van der Waals surface area contributed by atoms with Crippen LogP contribution in [0.2, 0.25) is 0 Å². The summed E-state index contributed by atoms with van der Waals surface area (Å²) in [6.45, 7) is 10.6. The van der Waals surface area contributed by atoms with Crippen molar-refractivity contribution < 1.29 is 9.47 Å². The SMILES string of the molecule is CCN1CCCC1CNC(N)=NCC(C)(C)c1ccc2c(c1)OCO2. The van der Waals surface area contributed by atoms with Gasteiger partial charge in [0, 0.05) is 18.0 Å². The molecule has 2 heterocycles. The predicted molar refractivity (Wildman–Crippen MR) is 100 cm³/mol. The van der Waals surface area contributed by atoms with E-state index in [1.54, 1.807) is 0 Å². The van der Waals surface area contributed by atoms with E-state index < -0.39 is 0 Å². The zero-order valence-electron chi connectivity index (χ0n) is 15.5. The van der Waals surface area contributed by atoms with Crippen LogP contribution in [0.3, 0.4) is 0 Å². The van der Waals surface area contributed by atoms with Gasteiger partial charge in [0.1, 0.15) is 0 Å². The van der Waals surface area contributed by atoms with Crippen LogP contribution in [0, 0.1) is 0 Å². The van der Waals surface area contributed by atoms with Gasteiger partial charge in [-0.05, 0) is 43.6 Å². The summed E-state index contributed by atoms with van der Waals surface area (Å²) in [5, 5.41) is 3.30. The van der Waals surface area contributed by atoms with Crippen LogP contribution in [0.4, 0.5) is 0 Å². The average molecular weight is 346 g/mol. The molecule has 3 rings (SSSR count). The third-order valence-corrected chi connectivity index (χ3v) is 5.22. The van der Waals surface area contributed by atoms with Crippen LogP contribution in [-0.4, -0.2) is 49.9 Å². The number of guanidine groups is 1. The molecular weight excluding hydrogens is 316 g/mol. The molecule has 1 aromatic carbocycles. The minimum Gasteiger partial charge on any atom is -0.454 e. The van der Waals surface area contributed by atoms with Gasteiger partial charge in [-0.15, -0.1) is 0 Å². The lowest BCUT2D eigenvalue weighted by molar-refractivity contribution is 0.174. The third kappa shape index (κ3) is 4.18. The Hall–Kier alpha value is -1.95. The van der Waals surface area contributed by atoms with Crippen LogP contribution < -0.4 is 20.5 Å². The van der Waals surface area contributed by atoms with Gasteiger partial charge in [0.05, 0.1) is 6.54 Å². The monoisotopic (exact) mass is 346 g/mol. The zero-order valence-corrected chi connectivity index (χ0v) is 15.5. The molecule has 2 aliphatic rings. The number of likely N-dealkylation sites (tertiary alicyclic amines) is 1. The van der Waals surface area contributed by atoms with E-state index in [2.05, 4.69) is 42.0 Å². The molecule has 138 valence electrons. The number of nitrogens with one attached hydrogen (secondary N) is 1. The highest BCUT2D eigenvalue weighted by molar-refractivity contribution is 5.77. The van der Waals surface area contributed by atoms with Crippen molar-refractivity contribution >= 4 is 5.96 Å². The van der Waals surface area contributed by atoms with Gasteiger partial charge in [-0.25, -0.2) is 0 Å². The molecule has 0 aliphatic carbocycles. The quantitative estimate of drug-likeness (QED) is 0.609. The van der Waals surface area contributed by atoms with Gasteiger partial charge in [-0.1, -0.05) is 26.8 Å². The standard InChI is InChI=1S/C19H30N4O2/c1-4-23-9-5-6-15(23)11-21-18(20)22-12-19(2,3)14-7-8-16-17(10-14)25-13-24-16/h7-8,10,15H,4-6,9,11-13H2,1-3H3,(H3,20,21,22). The fourth-order valence-corrected chi connectivity index (χ4v) is 3.51. The summed E-state index contributed by atoms with van der Waals surface area (Å²) in [5.74, 6) is 2.14. The first-order valence-electron chi connectivity index (χ1n) is 9.17. The minimum absolute atomic E-state index is 0.129. The van der Waals surface area contributed by atoms with Gasteiger partial charge >= 0.3 is 0 Å². The van der Waals surface area contributed by atoms with Gasteiger partial charge < -0.3 is 20.5 Å². The van der Waals surface area contributed by atoms with Crippen LogP contribution in [-0.2, 0) is 5.41 Å². The van der Waals surface area contributed by atoms with E-state index in [9.17, 15) is 0 Å². The molecule has 0 amide bonds. The van der Waals surface area contributed by atoms with Crippen LogP contribution in [0.15, 0.2) is 23.2 Å². The number of hydrogen-bond donors (Lipinski definition) is 2. The number of ether oxygens (including phenoxy) is 2. The molecule has 1 unspecified atom stereocenters. The Morgan fingerprint density at radius 2 is 2.16 bits per heavy atom. The molecule has 0 bridgehead atoms. The Morgan fingerprint density at radius 1 is 1.36 bits per heavy atom. The first kappa shape index (κ1) is 17.9. The lowest BCUT2D eigenvalue weighted by Crippen LogP contribution is -2.43. The molecule has 2 aliphatic heterocycles. The van der Waals surface area contributed by atoms with Crippen molar-refractivity contribution in [3.63, 3.8) is 0 Å². The Bertz CT molecular complexity index is 630. The van der Waals surface area contributed by atoms with Gasteiger partial charge in [0.2, 0.25) is 6.79 Å². The molecule has 1 aromatic rings. The smallest absolute Gasteiger partial charge is 0.231 e. The summed E-state index contributed by atoms with van der Waals surface area (Å²) in [5.41, 5.74) is 7.13. The number of likely N-dealkylation sites (N-methyl/N-ethyl adjacent to an activating group) is 1. The summed E-state index contributed by atoms with van der Waals surface area (Å²) >= 11 is 0. The summed E-state index contributed by atoms with van der Waals surface area (Å²) < 4.78 is 10.9. The fraction of sp³-hybridized carbons (Fsp3) is 0.632. The number of hydrogen-bond acceptors (Lipinski definition) is 4. The van der Waals surface area contributed by atoms with E-state index in [-0.39, 0.29) is 5.41 Å². The summed E-state index contributed by atoms with van der Waals surface area (Å²) in [4.78, 5) is 7.07. The Labute approximate surface area is 150 Å². The largest absolute Gasteiger partial charge is 0.454 e. The van der Waals surface area contributed by atoms with Crippen molar-refractivity contribution in [2.45, 2.75) is 45.1 Å². The molecule has 3 N–H and O–H groups in total. The first-order valence-corrected chi connectivity index (χ1v) is 9.17. The second-order valence-electron chi connectivity index (χ2n) is 7.46. The van der Waals surface area contributed by atoms with E-state index in [4.69, 9.17) is 15.2 Å². The van der Waals surface area contributed by atoms with E-state index in [1.165, 1.54) is 24.9 Å². The molecular formula is C19H30N4O2. The van der Waals surface area contributed by atoms with Crippen molar-refractivity contribution in [2.75, 3.05) is 33.0 Å². The highest BCUT2D eigenvalue weighted by Gasteiger charge is 2.25. The molecule has 1 atom stereocenters. The second kappa shape index (κ2) is 7.52. The molecule has 0 aromatic heterocycles. The van der Waals surface area contributed by atoms with E-state index >= 15 is 0 Å². The Morgan fingerprint density at radius 3 is 2.96 bits per heavy atom. The Kier molecular flexibility index (Phi) is 5.37. The predicted octanol–water partition coefficient (Wildman–Crippen LogP) is 2.08. The molecule has 6 heteroatoms. The lowest BCUT2D eigenvalue weighted by Gasteiger charge is -2.25. The summed E-state index contributed by atoms with van der Waals surface area (Å²) in [7, 11) is 0. The Balaban J connectivity index is 1.56. The van der Waals surface area contributed by atoms with Gasteiger partial charge in [-0.3, -0.25) is 9.89 Å². The normalized spacial score (nSPS) is 20.9. The number of benzene rings is 1.